The number of hydrogen-bond acceptors (Lipinski definition) is 3. The molecule has 0 atom stereocenters. The molecule has 0 aliphatic heterocycles. The van der Waals surface area contributed by atoms with E-state index in [1.807, 2.05) is 0 Å². The van der Waals surface area contributed by atoms with Gasteiger partial charge in [-0.05, 0) is 36.8 Å². The average Bonchev–Trinajstić information content (AvgIpc) is 2.58. The summed E-state index contributed by atoms with van der Waals surface area (Å²) < 4.78 is 4.94. The number of methoxy groups -OCH3 is 1. The first-order valence-corrected chi connectivity index (χ1v) is 8.40. The van der Waals surface area contributed by atoms with Gasteiger partial charge >= 0.3 is 0 Å². The van der Waals surface area contributed by atoms with E-state index in [0.29, 0.717) is 46.4 Å². The highest BCUT2D eigenvalue weighted by Crippen LogP contribution is 2.21. The Bertz CT molecular complexity index is 745. The van der Waals surface area contributed by atoms with Crippen molar-refractivity contribution in [2.24, 2.45) is 0 Å². The summed E-state index contributed by atoms with van der Waals surface area (Å²) in [5.41, 5.74) is 1.10. The quantitative estimate of drug-likeness (QED) is 0.712. The van der Waals surface area contributed by atoms with Crippen molar-refractivity contribution in [3.05, 3.63) is 63.6 Å². The minimum absolute atomic E-state index is 0.267. The molecule has 2 rings (SSSR count). The maximum Gasteiger partial charge on any atom is 0.255 e. The van der Waals surface area contributed by atoms with E-state index in [-0.39, 0.29) is 5.91 Å². The first-order valence-electron chi connectivity index (χ1n) is 7.65. The highest BCUT2D eigenvalue weighted by molar-refractivity contribution is 6.35. The Labute approximate surface area is 156 Å². The van der Waals surface area contributed by atoms with Crippen LogP contribution in [-0.4, -0.2) is 32.1 Å². The molecule has 0 aliphatic carbocycles. The van der Waals surface area contributed by atoms with E-state index in [1.54, 1.807) is 37.4 Å². The van der Waals surface area contributed by atoms with Gasteiger partial charge in [-0.3, -0.25) is 9.59 Å². The fourth-order valence-corrected chi connectivity index (χ4v) is 2.71. The summed E-state index contributed by atoms with van der Waals surface area (Å²) in [6, 6.07) is 11.3. The zero-order chi connectivity index (χ0) is 18.2. The van der Waals surface area contributed by atoms with Gasteiger partial charge in [0, 0.05) is 35.9 Å². The highest BCUT2D eigenvalue weighted by atomic mass is 35.5. The Hall–Kier alpha value is -2.08. The van der Waals surface area contributed by atoms with Gasteiger partial charge in [-0.2, -0.15) is 0 Å². The SMILES string of the molecule is COCCCNC(=O)c1ccccc1NC(=O)c1cc(Cl)cc(Cl)c1. The number of rotatable bonds is 7. The smallest absolute Gasteiger partial charge is 0.255 e. The molecule has 0 unspecified atom stereocenters. The summed E-state index contributed by atoms with van der Waals surface area (Å²) in [7, 11) is 1.61. The molecule has 0 saturated heterocycles. The number of para-hydroxylation sites is 1. The molecule has 0 saturated carbocycles. The Morgan fingerprint density at radius 3 is 2.40 bits per heavy atom. The molecule has 0 aromatic heterocycles. The number of hydrogen-bond donors (Lipinski definition) is 2. The normalized spacial score (nSPS) is 10.4. The van der Waals surface area contributed by atoms with Crippen LogP contribution in [0, 0.1) is 0 Å². The Kier molecular flexibility index (Phi) is 7.25. The van der Waals surface area contributed by atoms with E-state index in [0.717, 1.165) is 0 Å². The second-order valence-corrected chi connectivity index (χ2v) is 6.13. The third-order valence-electron chi connectivity index (χ3n) is 3.36. The second-order valence-electron chi connectivity index (χ2n) is 5.26. The lowest BCUT2D eigenvalue weighted by atomic mass is 10.1. The number of ether oxygens (including phenoxy) is 1. The van der Waals surface area contributed by atoms with Crippen LogP contribution in [0.15, 0.2) is 42.5 Å². The summed E-state index contributed by atoms with van der Waals surface area (Å²) in [6.45, 7) is 1.05. The van der Waals surface area contributed by atoms with Crippen LogP contribution >= 0.6 is 23.2 Å². The molecule has 5 nitrogen and oxygen atoms in total. The van der Waals surface area contributed by atoms with Crippen LogP contribution in [0.2, 0.25) is 10.0 Å². The molecule has 0 fully saturated rings. The maximum absolute atomic E-state index is 12.4. The molecule has 0 aliphatic rings. The van der Waals surface area contributed by atoms with Crippen molar-refractivity contribution < 1.29 is 14.3 Å². The Balaban J connectivity index is 2.11. The summed E-state index contributed by atoms with van der Waals surface area (Å²) in [6.07, 6.45) is 0.706. The van der Waals surface area contributed by atoms with Crippen molar-refractivity contribution >= 4 is 40.7 Å². The first kappa shape index (κ1) is 19.2. The van der Waals surface area contributed by atoms with Crippen molar-refractivity contribution in [3.8, 4) is 0 Å². The Morgan fingerprint density at radius 1 is 1.04 bits per heavy atom. The van der Waals surface area contributed by atoms with E-state index >= 15 is 0 Å². The largest absolute Gasteiger partial charge is 0.385 e. The molecule has 25 heavy (non-hydrogen) atoms. The molecule has 2 N–H and O–H groups in total. The van der Waals surface area contributed by atoms with Crippen LogP contribution in [0.5, 0.6) is 0 Å². The van der Waals surface area contributed by atoms with E-state index in [1.165, 1.54) is 12.1 Å². The van der Waals surface area contributed by atoms with Gasteiger partial charge in [-0.15, -0.1) is 0 Å². The van der Waals surface area contributed by atoms with Crippen LogP contribution in [-0.2, 0) is 4.74 Å². The van der Waals surface area contributed by atoms with Gasteiger partial charge in [0.15, 0.2) is 0 Å². The molecule has 2 aromatic rings. The third-order valence-corrected chi connectivity index (χ3v) is 3.79. The molecule has 0 heterocycles. The van der Waals surface area contributed by atoms with Crippen molar-refractivity contribution in [1.29, 1.82) is 0 Å². The molecular weight excluding hydrogens is 363 g/mol. The predicted octanol–water partition coefficient (Wildman–Crippen LogP) is 4.01. The second kappa shape index (κ2) is 9.42. The van der Waals surface area contributed by atoms with Gasteiger partial charge in [0.25, 0.3) is 11.8 Å². The lowest BCUT2D eigenvalue weighted by Gasteiger charge is -2.12. The van der Waals surface area contributed by atoms with Crippen molar-refractivity contribution in [1.82, 2.24) is 5.32 Å². The molecule has 2 amide bonds. The zero-order valence-electron chi connectivity index (χ0n) is 13.6. The van der Waals surface area contributed by atoms with E-state index in [4.69, 9.17) is 27.9 Å². The summed E-state index contributed by atoms with van der Waals surface area (Å²) >= 11 is 11.8. The minimum Gasteiger partial charge on any atom is -0.385 e. The number of benzene rings is 2. The predicted molar refractivity (Wildman–Crippen MR) is 99.7 cm³/mol. The number of nitrogens with one attached hydrogen (secondary N) is 2. The third kappa shape index (κ3) is 5.74. The van der Waals surface area contributed by atoms with Crippen LogP contribution in [0.4, 0.5) is 5.69 Å². The van der Waals surface area contributed by atoms with Gasteiger partial charge in [0.1, 0.15) is 0 Å². The summed E-state index contributed by atoms with van der Waals surface area (Å²) in [5, 5.41) is 6.24. The number of anilines is 1. The van der Waals surface area contributed by atoms with Crippen molar-refractivity contribution in [2.75, 3.05) is 25.6 Å². The van der Waals surface area contributed by atoms with Gasteiger partial charge in [0.2, 0.25) is 0 Å². The Morgan fingerprint density at radius 2 is 1.72 bits per heavy atom. The highest BCUT2D eigenvalue weighted by Gasteiger charge is 2.14. The molecule has 0 bridgehead atoms. The molecule has 7 heteroatoms. The number of carbonyl (C=O) groups is 2. The lowest BCUT2D eigenvalue weighted by molar-refractivity contribution is 0.0949. The van der Waals surface area contributed by atoms with Crippen molar-refractivity contribution in [3.63, 3.8) is 0 Å². The number of carbonyl (C=O) groups excluding carboxylic acids is 2. The van der Waals surface area contributed by atoms with Crippen molar-refractivity contribution in [2.45, 2.75) is 6.42 Å². The van der Waals surface area contributed by atoms with Crippen LogP contribution < -0.4 is 10.6 Å². The number of halogens is 2. The van der Waals surface area contributed by atoms with Gasteiger partial charge in [0.05, 0.1) is 11.3 Å². The van der Waals surface area contributed by atoms with Crippen LogP contribution in [0.1, 0.15) is 27.1 Å². The molecule has 0 spiro atoms. The molecular formula is C18H18Cl2N2O3. The standard InChI is InChI=1S/C18H18Cl2N2O3/c1-25-8-4-7-21-18(24)15-5-2-3-6-16(15)22-17(23)12-9-13(19)11-14(20)10-12/h2-3,5-6,9-11H,4,7-8H2,1H3,(H,21,24)(H,22,23). The fraction of sp³-hybridized carbons (Fsp3) is 0.222. The summed E-state index contributed by atoms with van der Waals surface area (Å²) in [5.74, 6) is -0.667. The molecule has 0 radical (unpaired) electrons. The zero-order valence-corrected chi connectivity index (χ0v) is 15.2. The molecule has 2 aromatic carbocycles. The topological polar surface area (TPSA) is 67.4 Å². The van der Waals surface area contributed by atoms with E-state index in [2.05, 4.69) is 10.6 Å². The first-order chi connectivity index (χ1) is 12.0. The van der Waals surface area contributed by atoms with E-state index < -0.39 is 5.91 Å². The minimum atomic E-state index is -0.399. The summed E-state index contributed by atoms with van der Waals surface area (Å²) in [4.78, 5) is 24.7. The van der Waals surface area contributed by atoms with Gasteiger partial charge in [-0.1, -0.05) is 35.3 Å². The average molecular weight is 381 g/mol. The van der Waals surface area contributed by atoms with Gasteiger partial charge in [-0.25, -0.2) is 0 Å². The number of amides is 2. The van der Waals surface area contributed by atoms with Crippen LogP contribution in [0.3, 0.4) is 0 Å². The van der Waals surface area contributed by atoms with E-state index in [9.17, 15) is 9.59 Å². The lowest BCUT2D eigenvalue weighted by Crippen LogP contribution is -2.26. The van der Waals surface area contributed by atoms with Gasteiger partial charge < -0.3 is 15.4 Å². The van der Waals surface area contributed by atoms with Crippen LogP contribution in [0.25, 0.3) is 0 Å². The molecule has 132 valence electrons. The fourth-order valence-electron chi connectivity index (χ4n) is 2.18. The monoisotopic (exact) mass is 380 g/mol. The maximum atomic E-state index is 12.4.